The summed E-state index contributed by atoms with van der Waals surface area (Å²) in [4.78, 5) is 134. The minimum Gasteiger partial charge on any atom is -0.508 e. The zero-order chi connectivity index (χ0) is 56.2. The maximum Gasteiger partial charge on any atom is 0.328 e. The number of rotatable bonds is 28. The van der Waals surface area contributed by atoms with E-state index in [2.05, 4.69) is 37.2 Å². The maximum atomic E-state index is 14.7. The van der Waals surface area contributed by atoms with Crippen molar-refractivity contribution in [3.05, 3.63) is 95.6 Å². The lowest BCUT2D eigenvalue weighted by atomic mass is 10.0. The summed E-state index contributed by atoms with van der Waals surface area (Å²) in [5.74, 6) is -10.3. The molecule has 4 rings (SSSR count). The highest BCUT2D eigenvalue weighted by molar-refractivity contribution is 5.98. The van der Waals surface area contributed by atoms with Crippen LogP contribution in [0.3, 0.4) is 0 Å². The number of aliphatic carboxylic acids is 1. The predicted molar refractivity (Wildman–Crippen MR) is 268 cm³/mol. The number of aromatic hydroxyl groups is 2. The van der Waals surface area contributed by atoms with Gasteiger partial charge in [-0.2, -0.15) is 0 Å². The van der Waals surface area contributed by atoms with Gasteiger partial charge in [-0.05, 0) is 74.1 Å². The first-order valence-corrected chi connectivity index (χ1v) is 24.2. The van der Waals surface area contributed by atoms with E-state index in [1.165, 1.54) is 53.4 Å². The molecule has 0 aromatic heterocycles. The van der Waals surface area contributed by atoms with Crippen LogP contribution in [0.15, 0.2) is 78.9 Å². The van der Waals surface area contributed by atoms with Gasteiger partial charge in [0.1, 0.15) is 53.8 Å². The summed E-state index contributed by atoms with van der Waals surface area (Å²) in [6.45, 7) is 0.730. The van der Waals surface area contributed by atoms with Crippen molar-refractivity contribution in [2.45, 2.75) is 119 Å². The lowest BCUT2D eigenvalue weighted by molar-refractivity contribution is -0.145. The van der Waals surface area contributed by atoms with Crippen LogP contribution >= 0.6 is 0 Å². The van der Waals surface area contributed by atoms with Crippen molar-refractivity contribution in [3.8, 4) is 11.5 Å². The molecule has 1 aliphatic rings. The van der Waals surface area contributed by atoms with E-state index in [0.717, 1.165) is 13.8 Å². The highest BCUT2D eigenvalue weighted by Gasteiger charge is 2.41. The van der Waals surface area contributed by atoms with Gasteiger partial charge >= 0.3 is 5.97 Å². The second-order valence-electron chi connectivity index (χ2n) is 18.2. The minimum atomic E-state index is -1.84. The topological polar surface area (TPSA) is 432 Å². The Labute approximate surface area is 436 Å². The predicted octanol–water partition coefficient (Wildman–Crippen LogP) is -4.43. The second-order valence-corrected chi connectivity index (χ2v) is 18.2. The Morgan fingerprint density at radius 2 is 1.05 bits per heavy atom. The zero-order valence-electron chi connectivity index (χ0n) is 41.7. The minimum absolute atomic E-state index is 0.00309. The molecule has 0 saturated carbocycles. The molecule has 0 aliphatic carbocycles. The Morgan fingerprint density at radius 1 is 0.592 bits per heavy atom. The summed E-state index contributed by atoms with van der Waals surface area (Å²) in [6.07, 6.45) is -4.22. The van der Waals surface area contributed by atoms with E-state index in [1.807, 2.05) is 0 Å². The number of nitrogens with one attached hydrogen (secondary N) is 7. The van der Waals surface area contributed by atoms with Gasteiger partial charge in [0.2, 0.25) is 53.2 Å². The molecule has 0 radical (unpaired) electrons. The highest BCUT2D eigenvalue weighted by atomic mass is 16.4. The first-order chi connectivity index (χ1) is 36.0. The van der Waals surface area contributed by atoms with Gasteiger partial charge in [0, 0.05) is 32.2 Å². The number of hydrogen-bond donors (Lipinski definition) is 15. The van der Waals surface area contributed by atoms with Gasteiger partial charge in [0.25, 0.3) is 0 Å². The van der Waals surface area contributed by atoms with E-state index in [9.17, 15) is 78.6 Å². The lowest BCUT2D eigenvalue weighted by Crippen LogP contribution is -2.62. The smallest absolute Gasteiger partial charge is 0.328 e. The van der Waals surface area contributed by atoms with Crippen LogP contribution in [0.25, 0.3) is 0 Å². The molecule has 412 valence electrons. The molecule has 26 nitrogen and oxygen atoms in total. The van der Waals surface area contributed by atoms with Crippen molar-refractivity contribution < 1.29 is 78.6 Å². The number of nitrogens with zero attached hydrogens (tertiary/aromatic N) is 1. The largest absolute Gasteiger partial charge is 0.508 e. The Hall–Kier alpha value is -8.20. The lowest BCUT2D eigenvalue weighted by Gasteiger charge is -2.31. The average Bonchev–Trinajstić information content (AvgIpc) is 3.88. The molecule has 3 aromatic rings. The van der Waals surface area contributed by atoms with E-state index in [-0.39, 0.29) is 63.0 Å². The fourth-order valence-corrected chi connectivity index (χ4v) is 8.09. The number of aliphatic hydroxyl groups excluding tert-OH is 3. The molecular formula is C50H66N10O16. The molecule has 76 heavy (non-hydrogen) atoms. The standard InChI is InChI=1S/C50H66N10O16/c1-26(62)41(58-44(69)34(21-29-10-14-31(64)15-11-29)54-46(71)37(25-61)57-43(68)33(18-19-39(52)66)53-40(67)24-51)48(73)56-36(23-28-7-4-3-5-8-28)49(74)60-20-6-9-38(60)47(72)55-35(22-30-12-16-32(65)17-13-30)45(70)59-42(27(2)63)50(75)76/h3-5,7-8,10-17,26-27,33-38,41-42,61-65H,6,9,18-25,51H2,1-2H3,(H2,52,66)(H,53,67)(H,54,71)(H,55,72)(H,56,73)(H,57,68)(H,58,69)(H,59,70)(H,75,76)/t26-,27-,33+,34+,35+,36+,37+,38+,41+,42+/m1/s1. The van der Waals surface area contributed by atoms with Crippen LogP contribution < -0.4 is 48.7 Å². The number of phenolic OH excluding ortho intramolecular Hbond substituents is 2. The number of phenols is 2. The number of carbonyl (C=O) groups is 10. The molecule has 1 fully saturated rings. The average molecular weight is 1060 g/mol. The number of carboxylic acid groups (broad SMARTS) is 1. The van der Waals surface area contributed by atoms with Gasteiger partial charge in [-0.3, -0.25) is 43.2 Å². The number of benzene rings is 3. The van der Waals surface area contributed by atoms with Gasteiger partial charge in [0.15, 0.2) is 6.04 Å². The highest BCUT2D eigenvalue weighted by Crippen LogP contribution is 2.21. The van der Waals surface area contributed by atoms with E-state index >= 15 is 0 Å². The maximum absolute atomic E-state index is 14.7. The molecule has 26 heteroatoms. The van der Waals surface area contributed by atoms with Gasteiger partial charge in [0.05, 0.1) is 25.4 Å². The zero-order valence-corrected chi connectivity index (χ0v) is 41.7. The number of likely N-dealkylation sites (tertiary alicyclic amines) is 1. The van der Waals surface area contributed by atoms with Crippen molar-refractivity contribution in [1.82, 2.24) is 42.1 Å². The summed E-state index contributed by atoms with van der Waals surface area (Å²) in [5.41, 5.74) is 11.9. The van der Waals surface area contributed by atoms with Crippen LogP contribution in [-0.4, -0.2) is 175 Å². The monoisotopic (exact) mass is 1060 g/mol. The van der Waals surface area contributed by atoms with Crippen LogP contribution in [0.1, 0.15) is 56.2 Å². The van der Waals surface area contributed by atoms with Crippen LogP contribution in [0.5, 0.6) is 11.5 Å². The third-order valence-electron chi connectivity index (χ3n) is 12.2. The first-order valence-electron chi connectivity index (χ1n) is 24.2. The Kier molecular flexibility index (Phi) is 23.1. The summed E-state index contributed by atoms with van der Waals surface area (Å²) in [6, 6.07) is 6.82. The molecule has 1 heterocycles. The van der Waals surface area contributed by atoms with Crippen LogP contribution in [-0.2, 0) is 67.2 Å². The molecule has 3 aromatic carbocycles. The van der Waals surface area contributed by atoms with Crippen molar-refractivity contribution in [2.24, 2.45) is 11.5 Å². The fourth-order valence-electron chi connectivity index (χ4n) is 8.09. The molecule has 1 aliphatic heterocycles. The third-order valence-corrected chi connectivity index (χ3v) is 12.2. The summed E-state index contributed by atoms with van der Waals surface area (Å²) >= 11 is 0. The van der Waals surface area contributed by atoms with Crippen molar-refractivity contribution in [3.63, 3.8) is 0 Å². The van der Waals surface area contributed by atoms with Gasteiger partial charge in [-0.15, -0.1) is 0 Å². The van der Waals surface area contributed by atoms with Crippen molar-refractivity contribution in [1.29, 1.82) is 0 Å². The van der Waals surface area contributed by atoms with E-state index in [4.69, 9.17) is 11.5 Å². The summed E-state index contributed by atoms with van der Waals surface area (Å²) < 4.78 is 0. The molecule has 0 spiro atoms. The number of primary amides is 1. The van der Waals surface area contributed by atoms with Gasteiger partial charge < -0.3 is 84.2 Å². The molecule has 0 unspecified atom stereocenters. The number of carbonyl (C=O) groups excluding carboxylic acids is 9. The molecule has 9 amide bonds. The number of aliphatic hydroxyl groups is 3. The normalized spacial score (nSPS) is 16.6. The Balaban J connectivity index is 1.60. The fraction of sp³-hybridized carbons (Fsp3) is 0.440. The Morgan fingerprint density at radius 3 is 1.55 bits per heavy atom. The van der Waals surface area contributed by atoms with Crippen molar-refractivity contribution in [2.75, 3.05) is 19.7 Å². The van der Waals surface area contributed by atoms with Crippen LogP contribution in [0.2, 0.25) is 0 Å². The number of carboxylic acids is 1. The SMILES string of the molecule is C[C@@H](O)[C@H](NC(=O)[C@H](Cc1ccc(O)cc1)NC(=O)[C@@H]1CCCN1C(=O)[C@H](Cc1ccccc1)NC(=O)[C@@H](NC(=O)[C@H](Cc1ccc(O)cc1)NC(=O)[C@H](CO)NC(=O)[C@H](CCC(N)=O)NC(=O)CN)[C@@H](C)O)C(=O)O. The quantitative estimate of drug-likeness (QED) is 0.0326. The van der Waals surface area contributed by atoms with E-state index in [1.54, 1.807) is 30.3 Å². The van der Waals surface area contributed by atoms with Gasteiger partial charge in [-0.25, -0.2) is 4.79 Å². The number of amides is 9. The summed E-state index contributed by atoms with van der Waals surface area (Å²) in [7, 11) is 0. The second kappa shape index (κ2) is 29.0. The van der Waals surface area contributed by atoms with Crippen LogP contribution in [0, 0.1) is 0 Å². The van der Waals surface area contributed by atoms with E-state index < -0.39 is 133 Å². The molecule has 1 saturated heterocycles. The summed E-state index contributed by atoms with van der Waals surface area (Å²) in [5, 5.41) is 77.4. The van der Waals surface area contributed by atoms with Crippen LogP contribution in [0.4, 0.5) is 0 Å². The first kappa shape index (κ1) is 60.4. The number of hydrogen-bond acceptors (Lipinski definition) is 16. The Bertz CT molecular complexity index is 2520. The molecule has 0 bridgehead atoms. The van der Waals surface area contributed by atoms with Gasteiger partial charge in [-0.1, -0.05) is 54.6 Å². The van der Waals surface area contributed by atoms with E-state index in [0.29, 0.717) is 16.7 Å². The van der Waals surface area contributed by atoms with Crippen molar-refractivity contribution >= 4 is 59.1 Å². The molecular weight excluding hydrogens is 997 g/mol. The molecule has 17 N–H and O–H groups in total. The third kappa shape index (κ3) is 18.3. The number of nitrogens with two attached hydrogens (primary N) is 2. The molecule has 10 atom stereocenters.